The van der Waals surface area contributed by atoms with Gasteiger partial charge in [-0.1, -0.05) is 0 Å². The van der Waals surface area contributed by atoms with Gasteiger partial charge in [-0.3, -0.25) is 17.3 Å². The molecule has 0 heterocycles. The van der Waals surface area contributed by atoms with Crippen LogP contribution in [0.25, 0.3) is 0 Å². The van der Waals surface area contributed by atoms with Gasteiger partial charge in [-0.05, 0) is 0 Å². The minimum atomic E-state index is -2.12. The van der Waals surface area contributed by atoms with E-state index in [2.05, 4.69) is 18.6 Å². The van der Waals surface area contributed by atoms with Crippen LogP contribution in [0, 0.1) is 0 Å². The monoisotopic (exact) mass is 380 g/mol. The van der Waals surface area contributed by atoms with Crippen LogP contribution in [0.1, 0.15) is 0 Å². The van der Waals surface area contributed by atoms with Crippen molar-refractivity contribution in [3.8, 4) is 0 Å². The van der Waals surface area contributed by atoms with Crippen LogP contribution in [0.4, 0.5) is 17.3 Å². The highest BCUT2D eigenvalue weighted by atomic mass is 19.1. The van der Waals surface area contributed by atoms with Gasteiger partial charge in [0.15, 0.2) is 0 Å². The summed E-state index contributed by atoms with van der Waals surface area (Å²) < 4.78 is 57.6. The second-order valence-corrected chi connectivity index (χ2v) is 2.11. The Bertz CT molecular complexity index is 142. The summed E-state index contributed by atoms with van der Waals surface area (Å²) in [5.74, 6) is 0. The van der Waals surface area contributed by atoms with Gasteiger partial charge in [0.2, 0.25) is 0 Å². The number of halogens is 4. The van der Waals surface area contributed by atoms with Crippen LogP contribution in [0.5, 0.6) is 0 Å². The van der Waals surface area contributed by atoms with Crippen LogP contribution < -0.4 is 24.6 Å². The highest BCUT2D eigenvalue weighted by Crippen LogP contribution is 1.72. The average molecular weight is 380 g/mol. The van der Waals surface area contributed by atoms with Crippen LogP contribution in [0.2, 0.25) is 0 Å². The zero-order valence-electron chi connectivity index (χ0n) is 14.1. The summed E-state index contributed by atoms with van der Waals surface area (Å²) >= 11 is 0. The molecule has 0 aliphatic carbocycles. The molecular weight excluding hydrogens is 351 g/mol. The van der Waals surface area contributed by atoms with Crippen LogP contribution in [-0.2, 0) is 18.6 Å². The Labute approximate surface area is 139 Å². The maximum absolute atomic E-state index is 10.8. The van der Waals surface area contributed by atoms with Gasteiger partial charge in [0.1, 0.15) is 0 Å². The normalized spacial score (nSPS) is 6.50. The van der Waals surface area contributed by atoms with Crippen LogP contribution >= 0.6 is 0 Å². The van der Waals surface area contributed by atoms with E-state index < -0.39 is 29.6 Å². The molecule has 0 aromatic heterocycles. The lowest BCUT2D eigenvalue weighted by Gasteiger charge is -1.81. The summed E-state index contributed by atoms with van der Waals surface area (Å²) in [6, 6.07) is 0. The summed E-state index contributed by atoms with van der Waals surface area (Å²) in [6.07, 6.45) is 0. The molecule has 0 fully saturated rings. The molecule has 0 spiro atoms. The van der Waals surface area contributed by atoms with Crippen molar-refractivity contribution in [2.45, 2.75) is 0 Å². The molecule has 16 N–H and O–H groups in total. The van der Waals surface area contributed by atoms with Crippen LogP contribution in [0.15, 0.2) is 0 Å². The molecule has 0 aromatic rings. The molecule has 24 heavy (non-hydrogen) atoms. The van der Waals surface area contributed by atoms with E-state index in [1.54, 1.807) is 0 Å². The second-order valence-electron chi connectivity index (χ2n) is 2.11. The van der Waals surface area contributed by atoms with Crippen molar-refractivity contribution in [3.63, 3.8) is 0 Å². The van der Waals surface area contributed by atoms with Gasteiger partial charge in [0.25, 0.3) is 0 Å². The highest BCUT2D eigenvalue weighted by Gasteiger charge is 2.05. The summed E-state index contributed by atoms with van der Waals surface area (Å²) in [6.45, 7) is 0. The van der Waals surface area contributed by atoms with Crippen molar-refractivity contribution in [2.75, 3.05) is 28.4 Å². The lowest BCUT2D eigenvalue weighted by Crippen LogP contribution is -2.05. The number of rotatable bonds is 4. The summed E-state index contributed by atoms with van der Waals surface area (Å²) in [5.41, 5.74) is 0. The smallest absolute Gasteiger partial charge is 0.398 e. The fourth-order valence-electron chi connectivity index (χ4n) is 0. The molecule has 0 rings (SSSR count). The number of hydrogen-bond donors (Lipinski definition) is 8. The Morgan fingerprint density at radius 1 is 0.458 bits per heavy atom. The van der Waals surface area contributed by atoms with Crippen molar-refractivity contribution in [2.24, 2.45) is 0 Å². The molecular formula is C4H28B4F4N4O8. The topological polar surface area (TPSA) is 258 Å². The van der Waals surface area contributed by atoms with E-state index in [0.29, 0.717) is 0 Å². The van der Waals surface area contributed by atoms with Gasteiger partial charge in [-0.25, -0.2) is 0 Å². The third-order valence-corrected chi connectivity index (χ3v) is 0.778. The Balaban J connectivity index is -0.0000000225. The predicted octanol–water partition coefficient (Wildman–Crippen LogP) is -1.03. The third kappa shape index (κ3) is 161. The zero-order chi connectivity index (χ0) is 17.1. The first-order valence-corrected chi connectivity index (χ1v) is 4.48. The minimum Gasteiger partial charge on any atom is -0.398 e. The highest BCUT2D eigenvalue weighted by molar-refractivity contribution is 6.34. The molecule has 0 radical (unpaired) electrons. The second kappa shape index (κ2) is 43.3. The quantitative estimate of drug-likeness (QED) is 0.215. The first-order valence-electron chi connectivity index (χ1n) is 4.48. The SMILES string of the molecule is COB(O)F.COB(O)F.COB(O)F.COB(O)F.N.N.N.N. The first kappa shape index (κ1) is 49.5. The lowest BCUT2D eigenvalue weighted by atomic mass is 10.3. The van der Waals surface area contributed by atoms with E-state index in [9.17, 15) is 17.3 Å². The van der Waals surface area contributed by atoms with E-state index in [1.807, 2.05) is 0 Å². The first-order chi connectivity index (χ1) is 9.08. The van der Waals surface area contributed by atoms with Gasteiger partial charge in [0, 0.05) is 28.4 Å². The molecule has 0 amide bonds. The van der Waals surface area contributed by atoms with E-state index in [-0.39, 0.29) is 24.6 Å². The van der Waals surface area contributed by atoms with Crippen molar-refractivity contribution in [3.05, 3.63) is 0 Å². The largest absolute Gasteiger partial charge is 0.677 e. The lowest BCUT2D eigenvalue weighted by molar-refractivity contribution is 0.275. The Hall–Kier alpha value is -0.500. The summed E-state index contributed by atoms with van der Waals surface area (Å²) in [7, 11) is -4.17. The summed E-state index contributed by atoms with van der Waals surface area (Å²) in [5, 5.41) is 29.9. The molecule has 0 saturated heterocycles. The van der Waals surface area contributed by atoms with E-state index >= 15 is 0 Å². The maximum atomic E-state index is 10.8. The van der Waals surface area contributed by atoms with Crippen molar-refractivity contribution < 1.29 is 56.0 Å². The van der Waals surface area contributed by atoms with Crippen molar-refractivity contribution in [1.29, 1.82) is 0 Å². The molecule has 12 nitrogen and oxygen atoms in total. The van der Waals surface area contributed by atoms with Crippen molar-refractivity contribution >= 4 is 29.6 Å². The van der Waals surface area contributed by atoms with Gasteiger partial charge in [-0.15, -0.1) is 0 Å². The van der Waals surface area contributed by atoms with E-state index in [4.69, 9.17) is 20.1 Å². The maximum Gasteiger partial charge on any atom is 0.677 e. The van der Waals surface area contributed by atoms with E-state index in [1.165, 1.54) is 0 Å². The minimum absolute atomic E-state index is 0. The summed E-state index contributed by atoms with van der Waals surface area (Å²) in [4.78, 5) is 0. The van der Waals surface area contributed by atoms with Gasteiger partial charge in [-0.2, -0.15) is 0 Å². The molecule has 0 aromatic carbocycles. The number of hydrogen-bond acceptors (Lipinski definition) is 12. The van der Waals surface area contributed by atoms with Gasteiger partial charge in [0.05, 0.1) is 0 Å². The molecule has 152 valence electrons. The zero-order valence-corrected chi connectivity index (χ0v) is 14.1. The Kier molecular flexibility index (Phi) is 89.3. The van der Waals surface area contributed by atoms with Crippen LogP contribution in [-0.4, -0.2) is 78.1 Å². The molecule has 0 atom stereocenters. The molecule has 0 unspecified atom stereocenters. The van der Waals surface area contributed by atoms with E-state index in [0.717, 1.165) is 28.4 Å². The molecule has 20 heteroatoms. The Morgan fingerprint density at radius 2 is 0.500 bits per heavy atom. The molecule has 0 bridgehead atoms. The molecule has 0 aliphatic heterocycles. The van der Waals surface area contributed by atoms with Gasteiger partial charge >= 0.3 is 29.6 Å². The average Bonchev–Trinajstić information content (AvgIpc) is 2.40. The fraction of sp³-hybridized carbons (Fsp3) is 1.00. The van der Waals surface area contributed by atoms with Crippen molar-refractivity contribution in [1.82, 2.24) is 24.6 Å². The fourth-order valence-corrected chi connectivity index (χ4v) is 0. The molecule has 0 saturated carbocycles. The predicted molar refractivity (Wildman–Crippen MR) is 84.4 cm³/mol. The van der Waals surface area contributed by atoms with Crippen LogP contribution in [0.3, 0.4) is 0 Å². The Morgan fingerprint density at radius 3 is 0.500 bits per heavy atom. The molecule has 0 aliphatic rings. The standard InChI is InChI=1S/4CH4BFO2.4H3N/c4*1-5-2(3)4;;;;/h4*4H,1H3;4*1H3. The third-order valence-electron chi connectivity index (χ3n) is 0.778. The van der Waals surface area contributed by atoms with Gasteiger partial charge < -0.3 is 63.3 Å².